The maximum Gasteiger partial charge on any atom is 0.123 e. The van der Waals surface area contributed by atoms with Gasteiger partial charge in [0.15, 0.2) is 0 Å². The molecule has 1 aromatic heterocycles. The lowest BCUT2D eigenvalue weighted by Crippen LogP contribution is -2.34. The van der Waals surface area contributed by atoms with Crippen LogP contribution in [-0.4, -0.2) is 20.4 Å². The summed E-state index contributed by atoms with van der Waals surface area (Å²) in [6.07, 6.45) is 5.06. The maximum absolute atomic E-state index is 13.1. The molecular weight excluding hydrogens is 382 g/mol. The van der Waals surface area contributed by atoms with E-state index in [4.69, 9.17) is 23.2 Å². The molecule has 130 valence electrons. The summed E-state index contributed by atoms with van der Waals surface area (Å²) in [5, 5.41) is 12.3. The number of nitrogens with zero attached hydrogens (tertiary/aromatic N) is 2. The van der Waals surface area contributed by atoms with Gasteiger partial charge in [-0.2, -0.15) is 0 Å². The topological polar surface area (TPSA) is 38.0 Å². The van der Waals surface area contributed by atoms with Gasteiger partial charge in [0, 0.05) is 38.7 Å². The first-order valence-electron chi connectivity index (χ1n) is 7.48. The van der Waals surface area contributed by atoms with Crippen molar-refractivity contribution in [3.8, 4) is 0 Å². The summed E-state index contributed by atoms with van der Waals surface area (Å²) >= 11 is 13.7. The van der Waals surface area contributed by atoms with E-state index in [-0.39, 0.29) is 12.4 Å². The van der Waals surface area contributed by atoms with Crippen molar-refractivity contribution >= 4 is 35.0 Å². The van der Waals surface area contributed by atoms with Gasteiger partial charge in [0.05, 0.1) is 12.9 Å². The summed E-state index contributed by atoms with van der Waals surface area (Å²) in [6.45, 7) is 0.280. The van der Waals surface area contributed by atoms with Crippen LogP contribution in [0.1, 0.15) is 5.56 Å². The molecule has 3 aromatic rings. The number of hydrogen-bond donors (Lipinski definition) is 1. The highest BCUT2D eigenvalue weighted by Crippen LogP contribution is 2.36. The molecule has 1 heterocycles. The van der Waals surface area contributed by atoms with E-state index in [1.54, 1.807) is 53.6 Å². The maximum atomic E-state index is 13.1. The van der Waals surface area contributed by atoms with Crippen molar-refractivity contribution in [3.05, 3.63) is 82.6 Å². The van der Waals surface area contributed by atoms with Crippen molar-refractivity contribution in [2.45, 2.75) is 17.0 Å². The SMILES string of the molecule is OC(CSc1ccc(F)cc1)(Cn1ccnc1)c1ccc(Cl)cc1Cl. The van der Waals surface area contributed by atoms with Crippen LogP contribution < -0.4 is 0 Å². The first-order valence-corrected chi connectivity index (χ1v) is 9.22. The molecule has 0 aliphatic rings. The predicted octanol–water partition coefficient (Wildman–Crippen LogP) is 5.01. The number of rotatable bonds is 6. The zero-order chi connectivity index (χ0) is 17.9. The molecule has 0 saturated heterocycles. The van der Waals surface area contributed by atoms with Crippen LogP contribution in [0.15, 0.2) is 66.1 Å². The molecule has 25 heavy (non-hydrogen) atoms. The van der Waals surface area contributed by atoms with Gasteiger partial charge in [0.2, 0.25) is 0 Å². The Bertz CT molecular complexity index is 843. The summed E-state index contributed by atoms with van der Waals surface area (Å²) in [7, 11) is 0. The average molecular weight is 397 g/mol. The highest BCUT2D eigenvalue weighted by Gasteiger charge is 2.32. The fourth-order valence-corrected chi connectivity index (χ4v) is 4.06. The van der Waals surface area contributed by atoms with Crippen molar-refractivity contribution in [3.63, 3.8) is 0 Å². The number of halogens is 3. The largest absolute Gasteiger partial charge is 0.382 e. The second-order valence-electron chi connectivity index (χ2n) is 5.63. The number of thioether (sulfide) groups is 1. The first kappa shape index (κ1) is 18.3. The third-order valence-electron chi connectivity index (χ3n) is 3.73. The second-order valence-corrected chi connectivity index (χ2v) is 7.53. The summed E-state index contributed by atoms with van der Waals surface area (Å²) in [4.78, 5) is 4.87. The number of aromatic nitrogens is 2. The molecular formula is C18H15Cl2FN2OS. The van der Waals surface area contributed by atoms with E-state index in [0.717, 1.165) is 4.90 Å². The molecule has 2 aromatic carbocycles. The summed E-state index contributed by atoms with van der Waals surface area (Å²) in [5.74, 6) is 0.0387. The van der Waals surface area contributed by atoms with E-state index in [9.17, 15) is 9.50 Å². The van der Waals surface area contributed by atoms with Crippen molar-refractivity contribution in [2.24, 2.45) is 0 Å². The molecule has 1 atom stereocenters. The van der Waals surface area contributed by atoms with Gasteiger partial charge in [0.1, 0.15) is 11.4 Å². The van der Waals surface area contributed by atoms with Gasteiger partial charge in [-0.25, -0.2) is 9.37 Å². The quantitative estimate of drug-likeness (QED) is 0.595. The lowest BCUT2D eigenvalue weighted by molar-refractivity contribution is 0.0435. The van der Waals surface area contributed by atoms with Crippen LogP contribution in [0, 0.1) is 5.82 Å². The third kappa shape index (κ3) is 4.55. The Labute approximate surface area is 159 Å². The van der Waals surface area contributed by atoms with E-state index in [1.807, 2.05) is 0 Å². The number of aliphatic hydroxyl groups is 1. The number of benzene rings is 2. The predicted molar refractivity (Wildman–Crippen MR) is 99.7 cm³/mol. The summed E-state index contributed by atoms with van der Waals surface area (Å²) in [6, 6.07) is 11.2. The van der Waals surface area contributed by atoms with E-state index in [1.165, 1.54) is 23.9 Å². The molecule has 0 bridgehead atoms. The van der Waals surface area contributed by atoms with Crippen LogP contribution >= 0.6 is 35.0 Å². The molecule has 0 amide bonds. The van der Waals surface area contributed by atoms with Gasteiger partial charge >= 0.3 is 0 Å². The highest BCUT2D eigenvalue weighted by atomic mass is 35.5. The molecule has 0 fully saturated rings. The average Bonchev–Trinajstić information content (AvgIpc) is 3.07. The standard InChI is InChI=1S/C18H15Cl2FN2OS/c19-13-1-6-16(17(20)9-13)18(24,10-23-8-7-22-12-23)11-25-15-4-2-14(21)3-5-15/h1-9,12,24H,10-11H2. The van der Waals surface area contributed by atoms with E-state index >= 15 is 0 Å². The number of hydrogen-bond acceptors (Lipinski definition) is 3. The molecule has 0 saturated carbocycles. The van der Waals surface area contributed by atoms with Crippen molar-refractivity contribution < 1.29 is 9.50 Å². The Morgan fingerprint density at radius 1 is 1.16 bits per heavy atom. The van der Waals surface area contributed by atoms with Gasteiger partial charge in [-0.1, -0.05) is 29.3 Å². The zero-order valence-corrected chi connectivity index (χ0v) is 15.4. The molecule has 1 unspecified atom stereocenters. The van der Waals surface area contributed by atoms with Gasteiger partial charge < -0.3 is 9.67 Å². The van der Waals surface area contributed by atoms with Gasteiger partial charge in [0.25, 0.3) is 0 Å². The van der Waals surface area contributed by atoms with Gasteiger partial charge in [-0.15, -0.1) is 11.8 Å². The van der Waals surface area contributed by atoms with Crippen LogP contribution in [0.4, 0.5) is 4.39 Å². The molecule has 1 N–H and O–H groups in total. The number of imidazole rings is 1. The molecule has 0 spiro atoms. The minimum atomic E-state index is -1.25. The monoisotopic (exact) mass is 396 g/mol. The van der Waals surface area contributed by atoms with Crippen LogP contribution in [0.5, 0.6) is 0 Å². The molecule has 7 heteroatoms. The minimum absolute atomic E-state index is 0.280. The Morgan fingerprint density at radius 2 is 1.92 bits per heavy atom. The second kappa shape index (κ2) is 7.79. The molecule has 0 radical (unpaired) electrons. The smallest absolute Gasteiger partial charge is 0.123 e. The van der Waals surface area contributed by atoms with Crippen LogP contribution in [0.25, 0.3) is 0 Å². The van der Waals surface area contributed by atoms with E-state index < -0.39 is 5.60 Å². The third-order valence-corrected chi connectivity index (χ3v) is 5.50. The fraction of sp³-hybridized carbons (Fsp3) is 0.167. The first-order chi connectivity index (χ1) is 12.0. The molecule has 3 rings (SSSR count). The zero-order valence-electron chi connectivity index (χ0n) is 13.1. The normalized spacial score (nSPS) is 13.6. The Hall–Kier alpha value is -1.53. The van der Waals surface area contributed by atoms with E-state index in [0.29, 0.717) is 21.4 Å². The lowest BCUT2D eigenvalue weighted by atomic mass is 9.95. The van der Waals surface area contributed by atoms with Crippen LogP contribution in [0.2, 0.25) is 10.0 Å². The van der Waals surface area contributed by atoms with E-state index in [2.05, 4.69) is 4.98 Å². The Morgan fingerprint density at radius 3 is 2.56 bits per heavy atom. The van der Waals surface area contributed by atoms with Crippen LogP contribution in [0.3, 0.4) is 0 Å². The van der Waals surface area contributed by atoms with Crippen molar-refractivity contribution in [1.29, 1.82) is 0 Å². The van der Waals surface area contributed by atoms with Gasteiger partial charge in [-0.3, -0.25) is 0 Å². The minimum Gasteiger partial charge on any atom is -0.382 e. The fourth-order valence-electron chi connectivity index (χ4n) is 2.49. The molecule has 0 aliphatic heterocycles. The highest BCUT2D eigenvalue weighted by molar-refractivity contribution is 7.99. The molecule has 3 nitrogen and oxygen atoms in total. The Kier molecular flexibility index (Phi) is 5.69. The van der Waals surface area contributed by atoms with Crippen molar-refractivity contribution in [2.75, 3.05) is 5.75 Å². The van der Waals surface area contributed by atoms with Crippen molar-refractivity contribution in [1.82, 2.24) is 9.55 Å². The summed E-state index contributed by atoms with van der Waals surface area (Å²) < 4.78 is 14.9. The lowest BCUT2D eigenvalue weighted by Gasteiger charge is -2.30. The van der Waals surface area contributed by atoms with Gasteiger partial charge in [-0.05, 0) is 36.4 Å². The van der Waals surface area contributed by atoms with Crippen LogP contribution in [-0.2, 0) is 12.1 Å². The summed E-state index contributed by atoms with van der Waals surface area (Å²) in [5.41, 5.74) is -0.664. The Balaban J connectivity index is 1.89. The molecule has 0 aliphatic carbocycles.